The number of carbonyl (C=O) groups is 1. The van der Waals surface area contributed by atoms with E-state index in [4.69, 9.17) is 14.6 Å². The van der Waals surface area contributed by atoms with Gasteiger partial charge in [-0.25, -0.2) is 4.79 Å². The lowest BCUT2D eigenvalue weighted by Crippen LogP contribution is -2.05. The smallest absolute Gasteiger partial charge is 0.387 e. The zero-order valence-corrected chi connectivity index (χ0v) is 10.2. The number of carboxylic acids is 1. The van der Waals surface area contributed by atoms with Crippen molar-refractivity contribution in [3.05, 3.63) is 23.8 Å². The Kier molecular flexibility index (Phi) is 5.11. The van der Waals surface area contributed by atoms with E-state index in [0.717, 1.165) is 6.08 Å². The quantitative estimate of drug-likeness (QED) is 0.807. The molecule has 1 aromatic carbocycles. The van der Waals surface area contributed by atoms with Crippen molar-refractivity contribution in [2.75, 3.05) is 14.2 Å². The van der Waals surface area contributed by atoms with Crippen LogP contribution in [-0.4, -0.2) is 31.9 Å². The molecule has 0 fully saturated rings. The third-order valence-corrected chi connectivity index (χ3v) is 2.11. The van der Waals surface area contributed by atoms with Gasteiger partial charge in [0.25, 0.3) is 0 Å². The maximum atomic E-state index is 12.3. The van der Waals surface area contributed by atoms with Gasteiger partial charge >= 0.3 is 12.6 Å². The number of aliphatic carboxylic acids is 1. The Labute approximate surface area is 108 Å². The lowest BCUT2D eigenvalue weighted by atomic mass is 10.1. The molecule has 0 radical (unpaired) electrons. The van der Waals surface area contributed by atoms with Crippen LogP contribution in [0, 0.1) is 0 Å². The molecule has 1 aromatic rings. The van der Waals surface area contributed by atoms with E-state index in [-0.39, 0.29) is 17.2 Å². The number of benzene rings is 1. The average molecular weight is 274 g/mol. The molecule has 1 rings (SSSR count). The summed E-state index contributed by atoms with van der Waals surface area (Å²) in [6.45, 7) is -3.02. The van der Waals surface area contributed by atoms with Crippen LogP contribution in [0.15, 0.2) is 18.2 Å². The summed E-state index contributed by atoms with van der Waals surface area (Å²) in [7, 11) is 2.55. The van der Waals surface area contributed by atoms with E-state index in [2.05, 4.69) is 4.74 Å². The van der Waals surface area contributed by atoms with E-state index in [1.807, 2.05) is 0 Å². The van der Waals surface area contributed by atoms with Crippen LogP contribution in [0.2, 0.25) is 0 Å². The van der Waals surface area contributed by atoms with Gasteiger partial charge in [0, 0.05) is 6.08 Å². The summed E-state index contributed by atoms with van der Waals surface area (Å²) >= 11 is 0. The Balaban J connectivity index is 3.23. The fraction of sp³-hybridized carbons (Fsp3) is 0.250. The third-order valence-electron chi connectivity index (χ3n) is 2.11. The standard InChI is InChI=1S/C12H12F2O5/c1-17-8-5-7(3-4-10(15)16)6-9(18-2)11(8)19-12(13)14/h3-6,12H,1-2H3,(H,15,16)/b4-3+. The first-order chi connectivity index (χ1) is 8.97. The van der Waals surface area contributed by atoms with Crippen molar-refractivity contribution in [1.82, 2.24) is 0 Å². The lowest BCUT2D eigenvalue weighted by molar-refractivity contribution is -0.131. The molecular weight excluding hydrogens is 262 g/mol. The number of carboxylic acid groups (broad SMARTS) is 1. The summed E-state index contributed by atoms with van der Waals surface area (Å²) < 4.78 is 38.7. The van der Waals surface area contributed by atoms with E-state index in [1.54, 1.807) is 0 Å². The zero-order chi connectivity index (χ0) is 14.4. The Morgan fingerprint density at radius 1 is 1.26 bits per heavy atom. The third kappa shape index (κ3) is 4.13. The molecule has 104 valence electrons. The van der Waals surface area contributed by atoms with Crippen LogP contribution in [0.1, 0.15) is 5.56 Å². The van der Waals surface area contributed by atoms with Crippen LogP contribution < -0.4 is 14.2 Å². The molecule has 0 aliphatic carbocycles. The second kappa shape index (κ2) is 6.58. The van der Waals surface area contributed by atoms with Crippen molar-refractivity contribution in [3.8, 4) is 17.2 Å². The number of rotatable bonds is 6. The van der Waals surface area contributed by atoms with Gasteiger partial charge in [-0.1, -0.05) is 0 Å². The molecule has 5 nitrogen and oxygen atoms in total. The van der Waals surface area contributed by atoms with Crippen LogP contribution in [0.4, 0.5) is 8.78 Å². The molecule has 0 saturated carbocycles. The number of ether oxygens (including phenoxy) is 3. The Hall–Kier alpha value is -2.31. The number of hydrogen-bond donors (Lipinski definition) is 1. The predicted molar refractivity (Wildman–Crippen MR) is 62.8 cm³/mol. The molecule has 0 aliphatic heterocycles. The summed E-state index contributed by atoms with van der Waals surface area (Å²) in [6.07, 6.45) is 2.18. The number of methoxy groups -OCH3 is 2. The number of hydrogen-bond acceptors (Lipinski definition) is 4. The lowest BCUT2D eigenvalue weighted by Gasteiger charge is -2.14. The molecule has 1 N–H and O–H groups in total. The second-order valence-corrected chi connectivity index (χ2v) is 3.30. The van der Waals surface area contributed by atoms with Gasteiger partial charge in [-0.05, 0) is 23.8 Å². The van der Waals surface area contributed by atoms with Gasteiger partial charge in [-0.3, -0.25) is 0 Å². The van der Waals surface area contributed by atoms with Crippen molar-refractivity contribution in [2.45, 2.75) is 6.61 Å². The predicted octanol–water partition coefficient (Wildman–Crippen LogP) is 2.40. The van der Waals surface area contributed by atoms with E-state index < -0.39 is 12.6 Å². The molecular formula is C12H12F2O5. The summed E-state index contributed by atoms with van der Waals surface area (Å²) in [5.74, 6) is -1.34. The highest BCUT2D eigenvalue weighted by Crippen LogP contribution is 2.39. The van der Waals surface area contributed by atoms with Gasteiger partial charge in [0.05, 0.1) is 14.2 Å². The van der Waals surface area contributed by atoms with E-state index >= 15 is 0 Å². The van der Waals surface area contributed by atoms with Crippen LogP contribution in [-0.2, 0) is 4.79 Å². The molecule has 0 atom stereocenters. The Bertz CT molecular complexity index is 460. The van der Waals surface area contributed by atoms with E-state index in [0.29, 0.717) is 5.56 Å². The minimum atomic E-state index is -3.02. The first-order valence-electron chi connectivity index (χ1n) is 5.09. The van der Waals surface area contributed by atoms with Gasteiger partial charge in [-0.2, -0.15) is 8.78 Å². The highest BCUT2D eigenvalue weighted by molar-refractivity contribution is 5.85. The molecule has 0 amide bonds. The van der Waals surface area contributed by atoms with E-state index in [1.165, 1.54) is 32.4 Å². The molecule has 7 heteroatoms. The maximum Gasteiger partial charge on any atom is 0.387 e. The molecule has 0 aliphatic rings. The van der Waals surface area contributed by atoms with Crippen molar-refractivity contribution in [1.29, 1.82) is 0 Å². The summed E-state index contributed by atoms with van der Waals surface area (Å²) in [5, 5.41) is 8.53. The van der Waals surface area contributed by atoms with Gasteiger partial charge in [0.1, 0.15) is 0 Å². The minimum Gasteiger partial charge on any atom is -0.493 e. The summed E-state index contributed by atoms with van der Waals surface area (Å²) in [5.41, 5.74) is 0.415. The summed E-state index contributed by atoms with van der Waals surface area (Å²) in [4.78, 5) is 10.4. The number of halogens is 2. The molecule has 19 heavy (non-hydrogen) atoms. The second-order valence-electron chi connectivity index (χ2n) is 3.30. The van der Waals surface area contributed by atoms with Crippen molar-refractivity contribution >= 4 is 12.0 Å². The normalized spacial score (nSPS) is 10.8. The molecule has 0 aromatic heterocycles. The van der Waals surface area contributed by atoms with Gasteiger partial charge in [0.2, 0.25) is 5.75 Å². The molecule has 0 bridgehead atoms. The fourth-order valence-electron chi connectivity index (χ4n) is 1.37. The molecule has 0 saturated heterocycles. The molecule has 0 heterocycles. The van der Waals surface area contributed by atoms with Crippen molar-refractivity contribution in [2.24, 2.45) is 0 Å². The largest absolute Gasteiger partial charge is 0.493 e. The topological polar surface area (TPSA) is 65.0 Å². The monoisotopic (exact) mass is 274 g/mol. The van der Waals surface area contributed by atoms with Crippen LogP contribution in [0.5, 0.6) is 17.2 Å². The van der Waals surface area contributed by atoms with Crippen molar-refractivity contribution in [3.63, 3.8) is 0 Å². The maximum absolute atomic E-state index is 12.3. The van der Waals surface area contributed by atoms with Gasteiger partial charge < -0.3 is 19.3 Å². The Morgan fingerprint density at radius 3 is 2.16 bits per heavy atom. The van der Waals surface area contributed by atoms with Crippen LogP contribution in [0.3, 0.4) is 0 Å². The van der Waals surface area contributed by atoms with Crippen LogP contribution in [0.25, 0.3) is 6.08 Å². The van der Waals surface area contributed by atoms with Crippen molar-refractivity contribution < 1.29 is 32.9 Å². The number of alkyl halides is 2. The molecule has 0 unspecified atom stereocenters. The fourth-order valence-corrected chi connectivity index (χ4v) is 1.37. The zero-order valence-electron chi connectivity index (χ0n) is 10.2. The SMILES string of the molecule is COc1cc(/C=C/C(=O)O)cc(OC)c1OC(F)F. The van der Waals surface area contributed by atoms with Gasteiger partial charge in [-0.15, -0.1) is 0 Å². The van der Waals surface area contributed by atoms with Crippen LogP contribution >= 0.6 is 0 Å². The van der Waals surface area contributed by atoms with Gasteiger partial charge in [0.15, 0.2) is 11.5 Å². The first kappa shape index (κ1) is 14.7. The average Bonchev–Trinajstić information content (AvgIpc) is 2.36. The summed E-state index contributed by atoms with van der Waals surface area (Å²) in [6, 6.07) is 2.72. The first-order valence-corrected chi connectivity index (χ1v) is 5.09. The molecule has 0 spiro atoms. The highest BCUT2D eigenvalue weighted by atomic mass is 19.3. The highest BCUT2D eigenvalue weighted by Gasteiger charge is 2.17. The van der Waals surface area contributed by atoms with E-state index in [9.17, 15) is 13.6 Å². The Morgan fingerprint density at radius 2 is 1.79 bits per heavy atom. The minimum absolute atomic E-state index is 0.0182.